The third kappa shape index (κ3) is 4.10. The molecule has 0 aliphatic heterocycles. The largest absolute Gasteiger partial charge is 0.491 e. The van der Waals surface area contributed by atoms with Crippen molar-refractivity contribution in [2.24, 2.45) is 0 Å². The van der Waals surface area contributed by atoms with Gasteiger partial charge in [0, 0.05) is 17.3 Å². The molecule has 0 bridgehead atoms. The SMILES string of the molecule is CCCOc1ccc(Cl)cc1NC(=O)c1ccc(=O)[nH]c1. The lowest BCUT2D eigenvalue weighted by atomic mass is 10.2. The summed E-state index contributed by atoms with van der Waals surface area (Å²) >= 11 is 5.95. The fraction of sp³-hybridized carbons (Fsp3) is 0.200. The van der Waals surface area contributed by atoms with Crippen LogP contribution in [0.15, 0.2) is 41.3 Å². The molecule has 0 radical (unpaired) electrons. The Hall–Kier alpha value is -2.27. The summed E-state index contributed by atoms with van der Waals surface area (Å²) in [5.41, 5.74) is 0.574. The molecule has 2 N–H and O–H groups in total. The maximum atomic E-state index is 12.1. The number of rotatable bonds is 5. The molecular formula is C15H15ClN2O3. The van der Waals surface area contributed by atoms with E-state index < -0.39 is 0 Å². The second-order valence-electron chi connectivity index (χ2n) is 4.38. The third-order valence-corrected chi connectivity index (χ3v) is 2.93. The number of anilines is 1. The summed E-state index contributed by atoms with van der Waals surface area (Å²) in [5.74, 6) is 0.203. The van der Waals surface area contributed by atoms with Gasteiger partial charge < -0.3 is 15.0 Å². The van der Waals surface area contributed by atoms with Gasteiger partial charge in [-0.2, -0.15) is 0 Å². The monoisotopic (exact) mass is 306 g/mol. The second kappa shape index (κ2) is 6.95. The maximum Gasteiger partial charge on any atom is 0.257 e. The number of carbonyl (C=O) groups excluding carboxylic acids is 1. The van der Waals surface area contributed by atoms with Gasteiger partial charge in [-0.1, -0.05) is 18.5 Å². The summed E-state index contributed by atoms with van der Waals surface area (Å²) in [5, 5.41) is 3.22. The van der Waals surface area contributed by atoms with Crippen molar-refractivity contribution in [3.05, 3.63) is 57.5 Å². The zero-order valence-corrected chi connectivity index (χ0v) is 12.2. The van der Waals surface area contributed by atoms with E-state index in [0.717, 1.165) is 6.42 Å². The topological polar surface area (TPSA) is 71.2 Å². The minimum Gasteiger partial charge on any atom is -0.491 e. The number of pyridine rings is 1. The Morgan fingerprint density at radius 3 is 2.81 bits per heavy atom. The van der Waals surface area contributed by atoms with Crippen LogP contribution in [-0.4, -0.2) is 17.5 Å². The summed E-state index contributed by atoms with van der Waals surface area (Å²) in [6.07, 6.45) is 2.21. The first kappa shape index (κ1) is 15.1. The second-order valence-corrected chi connectivity index (χ2v) is 4.82. The van der Waals surface area contributed by atoms with Gasteiger partial charge in [-0.3, -0.25) is 9.59 Å². The van der Waals surface area contributed by atoms with Crippen molar-refractivity contribution in [1.82, 2.24) is 4.98 Å². The van der Waals surface area contributed by atoms with E-state index in [2.05, 4.69) is 10.3 Å². The highest BCUT2D eigenvalue weighted by Crippen LogP contribution is 2.28. The Kier molecular flexibility index (Phi) is 5.00. The van der Waals surface area contributed by atoms with Gasteiger partial charge in [0.05, 0.1) is 17.9 Å². The van der Waals surface area contributed by atoms with Crippen molar-refractivity contribution in [2.45, 2.75) is 13.3 Å². The molecule has 0 aliphatic rings. The predicted octanol–water partition coefficient (Wildman–Crippen LogP) is 3.07. The van der Waals surface area contributed by atoms with Crippen molar-refractivity contribution < 1.29 is 9.53 Å². The molecule has 0 fully saturated rings. The number of hydrogen-bond donors (Lipinski definition) is 2. The quantitative estimate of drug-likeness (QED) is 0.891. The number of amides is 1. The molecule has 1 aromatic carbocycles. The normalized spacial score (nSPS) is 10.2. The van der Waals surface area contributed by atoms with Crippen LogP contribution >= 0.6 is 11.6 Å². The van der Waals surface area contributed by atoms with E-state index in [4.69, 9.17) is 16.3 Å². The van der Waals surface area contributed by atoms with Crippen LogP contribution in [0.1, 0.15) is 23.7 Å². The summed E-state index contributed by atoms with van der Waals surface area (Å²) in [6.45, 7) is 2.54. The van der Waals surface area contributed by atoms with E-state index in [9.17, 15) is 9.59 Å². The van der Waals surface area contributed by atoms with Crippen LogP contribution in [0.25, 0.3) is 0 Å². The first-order chi connectivity index (χ1) is 10.1. The third-order valence-electron chi connectivity index (χ3n) is 2.70. The van der Waals surface area contributed by atoms with Crippen molar-refractivity contribution in [3.8, 4) is 5.75 Å². The van der Waals surface area contributed by atoms with Gasteiger partial charge in [-0.25, -0.2) is 0 Å². The summed E-state index contributed by atoms with van der Waals surface area (Å²) in [6, 6.07) is 7.77. The Balaban J connectivity index is 2.21. The van der Waals surface area contributed by atoms with Gasteiger partial charge in [0.2, 0.25) is 5.56 Å². The van der Waals surface area contributed by atoms with E-state index in [-0.39, 0.29) is 11.5 Å². The highest BCUT2D eigenvalue weighted by molar-refractivity contribution is 6.31. The first-order valence-electron chi connectivity index (χ1n) is 6.52. The lowest BCUT2D eigenvalue weighted by molar-refractivity contribution is 0.102. The number of benzene rings is 1. The number of aromatic nitrogens is 1. The van der Waals surface area contributed by atoms with E-state index in [1.54, 1.807) is 18.2 Å². The molecule has 1 aromatic heterocycles. The maximum absolute atomic E-state index is 12.1. The van der Waals surface area contributed by atoms with E-state index in [1.807, 2.05) is 6.92 Å². The van der Waals surface area contributed by atoms with Crippen LogP contribution in [0.4, 0.5) is 5.69 Å². The average molecular weight is 307 g/mol. The summed E-state index contributed by atoms with van der Waals surface area (Å²) in [4.78, 5) is 25.6. The zero-order valence-electron chi connectivity index (χ0n) is 11.5. The van der Waals surface area contributed by atoms with Crippen LogP contribution in [0.2, 0.25) is 5.02 Å². The highest BCUT2D eigenvalue weighted by Gasteiger charge is 2.11. The molecule has 0 unspecified atom stereocenters. The van der Waals surface area contributed by atoms with Gasteiger partial charge in [0.15, 0.2) is 0 Å². The number of halogens is 1. The Labute approximate surface area is 126 Å². The molecule has 1 heterocycles. The molecule has 1 amide bonds. The molecule has 0 atom stereocenters. The number of carbonyl (C=O) groups is 1. The zero-order chi connectivity index (χ0) is 15.2. The predicted molar refractivity (Wildman–Crippen MR) is 82.3 cm³/mol. The lowest BCUT2D eigenvalue weighted by Crippen LogP contribution is -2.15. The molecule has 0 saturated carbocycles. The minimum absolute atomic E-state index is 0.263. The van der Waals surface area contributed by atoms with Crippen LogP contribution in [0.5, 0.6) is 5.75 Å². The van der Waals surface area contributed by atoms with Crippen LogP contribution in [0, 0.1) is 0 Å². The van der Waals surface area contributed by atoms with Gasteiger partial charge in [0.1, 0.15) is 5.75 Å². The molecule has 6 heteroatoms. The number of H-pyrrole nitrogens is 1. The molecule has 2 rings (SSSR count). The van der Waals surface area contributed by atoms with E-state index >= 15 is 0 Å². The molecule has 21 heavy (non-hydrogen) atoms. The molecule has 110 valence electrons. The van der Waals surface area contributed by atoms with Crippen molar-refractivity contribution >= 4 is 23.2 Å². The number of nitrogens with one attached hydrogen (secondary N) is 2. The molecule has 0 spiro atoms. The number of ether oxygens (including phenoxy) is 1. The highest BCUT2D eigenvalue weighted by atomic mass is 35.5. The van der Waals surface area contributed by atoms with Crippen LogP contribution in [0.3, 0.4) is 0 Å². The van der Waals surface area contributed by atoms with Gasteiger partial charge >= 0.3 is 0 Å². The number of hydrogen-bond acceptors (Lipinski definition) is 3. The van der Waals surface area contributed by atoms with Crippen LogP contribution in [-0.2, 0) is 0 Å². The summed E-state index contributed by atoms with van der Waals surface area (Å²) < 4.78 is 5.57. The van der Waals surface area contributed by atoms with E-state index in [0.29, 0.717) is 28.6 Å². The Bertz CT molecular complexity index is 677. The molecule has 5 nitrogen and oxygen atoms in total. The Morgan fingerprint density at radius 1 is 1.33 bits per heavy atom. The van der Waals surface area contributed by atoms with Gasteiger partial charge in [-0.15, -0.1) is 0 Å². The smallest absolute Gasteiger partial charge is 0.257 e. The molecule has 0 saturated heterocycles. The van der Waals surface area contributed by atoms with Crippen molar-refractivity contribution in [3.63, 3.8) is 0 Å². The molecule has 2 aromatic rings. The minimum atomic E-state index is -0.352. The van der Waals surface area contributed by atoms with Crippen molar-refractivity contribution in [1.29, 1.82) is 0 Å². The number of aromatic amines is 1. The standard InChI is InChI=1S/C15H15ClN2O3/c1-2-7-21-13-5-4-11(16)8-12(13)18-15(20)10-3-6-14(19)17-9-10/h3-6,8-9H,2,7H2,1H3,(H,17,19)(H,18,20). The van der Waals surface area contributed by atoms with E-state index in [1.165, 1.54) is 18.3 Å². The fourth-order valence-corrected chi connectivity index (χ4v) is 1.86. The molecular weight excluding hydrogens is 292 g/mol. The first-order valence-corrected chi connectivity index (χ1v) is 6.90. The van der Waals surface area contributed by atoms with Gasteiger partial charge in [-0.05, 0) is 30.7 Å². The Morgan fingerprint density at radius 2 is 2.14 bits per heavy atom. The van der Waals surface area contributed by atoms with Gasteiger partial charge in [0.25, 0.3) is 5.91 Å². The molecule has 0 aliphatic carbocycles. The van der Waals surface area contributed by atoms with Crippen molar-refractivity contribution in [2.75, 3.05) is 11.9 Å². The summed E-state index contributed by atoms with van der Waals surface area (Å²) in [7, 11) is 0. The van der Waals surface area contributed by atoms with Crippen LogP contribution < -0.4 is 15.6 Å². The lowest BCUT2D eigenvalue weighted by Gasteiger charge is -2.12. The average Bonchev–Trinajstić information content (AvgIpc) is 2.47. The fourth-order valence-electron chi connectivity index (χ4n) is 1.68.